The molecule has 10 heteroatoms. The molecule has 4 nitrogen and oxygen atoms in total. The summed E-state index contributed by atoms with van der Waals surface area (Å²) in [4.78, 5) is 6.71. The van der Waals surface area contributed by atoms with Crippen molar-refractivity contribution in [1.29, 1.82) is 0 Å². The lowest BCUT2D eigenvalue weighted by Crippen LogP contribution is -2.39. The standard InChI is InChI=1S/C21H18Cl2F2N2O2S2/c22-14-2-3-17(23)20(11-14)31(28,29)16-5-7-27(8-6-16)21-26-15(12-30-21)9-13-1-4-18(24)19(25)10-13/h1-4,10-12,16H,5-9H2. The van der Waals surface area contributed by atoms with Gasteiger partial charge in [-0.25, -0.2) is 22.2 Å². The zero-order valence-corrected chi connectivity index (χ0v) is 19.3. The highest BCUT2D eigenvalue weighted by atomic mass is 35.5. The minimum atomic E-state index is -3.59. The van der Waals surface area contributed by atoms with Crippen LogP contribution in [-0.2, 0) is 16.3 Å². The molecular formula is C21H18Cl2F2N2O2S2. The van der Waals surface area contributed by atoms with Crippen molar-refractivity contribution in [2.45, 2.75) is 29.4 Å². The Morgan fingerprint density at radius 3 is 2.52 bits per heavy atom. The monoisotopic (exact) mass is 502 g/mol. The molecule has 0 saturated carbocycles. The van der Waals surface area contributed by atoms with E-state index in [-0.39, 0.29) is 9.92 Å². The van der Waals surface area contributed by atoms with Crippen molar-refractivity contribution in [3.63, 3.8) is 0 Å². The van der Waals surface area contributed by atoms with Crippen molar-refractivity contribution in [3.05, 3.63) is 74.7 Å². The van der Waals surface area contributed by atoms with Gasteiger partial charge in [-0.15, -0.1) is 11.3 Å². The molecule has 0 unspecified atom stereocenters. The number of anilines is 1. The van der Waals surface area contributed by atoms with Crippen LogP contribution in [0.4, 0.5) is 13.9 Å². The molecule has 0 atom stereocenters. The third-order valence-electron chi connectivity index (χ3n) is 5.26. The zero-order valence-electron chi connectivity index (χ0n) is 16.2. The minimum Gasteiger partial charge on any atom is -0.348 e. The molecule has 1 aliphatic rings. The summed E-state index contributed by atoms with van der Waals surface area (Å²) in [6, 6.07) is 8.27. The molecular weight excluding hydrogens is 485 g/mol. The Labute approximate surface area is 193 Å². The van der Waals surface area contributed by atoms with E-state index >= 15 is 0 Å². The Balaban J connectivity index is 1.42. The fourth-order valence-corrected chi connectivity index (χ4v) is 6.99. The summed E-state index contributed by atoms with van der Waals surface area (Å²) < 4.78 is 52.6. The molecule has 1 saturated heterocycles. The summed E-state index contributed by atoms with van der Waals surface area (Å²) >= 11 is 13.5. The van der Waals surface area contributed by atoms with Gasteiger partial charge in [0.1, 0.15) is 0 Å². The molecule has 0 bridgehead atoms. The van der Waals surface area contributed by atoms with Gasteiger partial charge in [-0.1, -0.05) is 29.3 Å². The average molecular weight is 503 g/mol. The second kappa shape index (κ2) is 9.02. The summed E-state index contributed by atoms with van der Waals surface area (Å²) in [5.41, 5.74) is 1.39. The van der Waals surface area contributed by atoms with Gasteiger partial charge in [0, 0.05) is 29.9 Å². The Hall–Kier alpha value is -1.74. The van der Waals surface area contributed by atoms with Crippen LogP contribution in [-0.4, -0.2) is 31.7 Å². The number of hydrogen-bond donors (Lipinski definition) is 0. The molecule has 1 aromatic heterocycles. The van der Waals surface area contributed by atoms with Gasteiger partial charge in [-0.2, -0.15) is 0 Å². The maximum Gasteiger partial charge on any atom is 0.185 e. The van der Waals surface area contributed by atoms with Crippen molar-refractivity contribution >= 4 is 49.5 Å². The molecule has 0 N–H and O–H groups in total. The Bertz CT molecular complexity index is 1210. The van der Waals surface area contributed by atoms with Gasteiger partial charge in [0.05, 0.1) is 20.9 Å². The van der Waals surface area contributed by atoms with Crippen molar-refractivity contribution in [2.75, 3.05) is 18.0 Å². The minimum absolute atomic E-state index is 0.0724. The zero-order chi connectivity index (χ0) is 22.2. The van der Waals surface area contributed by atoms with E-state index in [1.807, 2.05) is 10.3 Å². The fraction of sp³-hybridized carbons (Fsp3) is 0.286. The summed E-state index contributed by atoms with van der Waals surface area (Å²) in [5.74, 6) is -1.75. The summed E-state index contributed by atoms with van der Waals surface area (Å²) in [5, 5.41) is 2.63. The highest BCUT2D eigenvalue weighted by molar-refractivity contribution is 7.92. The lowest BCUT2D eigenvalue weighted by molar-refractivity contribution is 0.507. The molecule has 31 heavy (non-hydrogen) atoms. The van der Waals surface area contributed by atoms with Crippen LogP contribution in [0.1, 0.15) is 24.1 Å². The van der Waals surface area contributed by atoms with Gasteiger partial charge in [-0.3, -0.25) is 0 Å². The molecule has 0 amide bonds. The summed E-state index contributed by atoms with van der Waals surface area (Å²) in [7, 11) is -3.59. The van der Waals surface area contributed by atoms with Crippen LogP contribution >= 0.6 is 34.5 Å². The van der Waals surface area contributed by atoms with Crippen LogP contribution in [0.5, 0.6) is 0 Å². The number of nitrogens with zero attached hydrogens (tertiary/aromatic N) is 2. The van der Waals surface area contributed by atoms with Gasteiger partial charge in [0.15, 0.2) is 26.6 Å². The smallest absolute Gasteiger partial charge is 0.185 e. The largest absolute Gasteiger partial charge is 0.348 e. The first kappa shape index (κ1) is 22.5. The number of thiazole rings is 1. The maximum atomic E-state index is 13.4. The van der Waals surface area contributed by atoms with Crippen molar-refractivity contribution in [3.8, 4) is 0 Å². The second-order valence-corrected chi connectivity index (χ2v) is 11.2. The highest BCUT2D eigenvalue weighted by Gasteiger charge is 2.33. The summed E-state index contributed by atoms with van der Waals surface area (Å²) in [6.07, 6.45) is 1.29. The number of halogens is 4. The van der Waals surface area contributed by atoms with Crippen LogP contribution < -0.4 is 4.90 Å². The van der Waals surface area contributed by atoms with Gasteiger partial charge in [-0.05, 0) is 48.7 Å². The predicted octanol–water partition coefficient (Wildman–Crippen LogP) is 5.76. The van der Waals surface area contributed by atoms with Crippen LogP contribution in [0, 0.1) is 11.6 Å². The fourth-order valence-electron chi connectivity index (χ4n) is 3.61. The lowest BCUT2D eigenvalue weighted by Gasteiger charge is -2.31. The molecule has 2 aromatic carbocycles. The van der Waals surface area contributed by atoms with E-state index in [4.69, 9.17) is 23.2 Å². The van der Waals surface area contributed by atoms with Crippen molar-refractivity contribution in [2.24, 2.45) is 0 Å². The van der Waals surface area contributed by atoms with Crippen LogP contribution in [0.3, 0.4) is 0 Å². The number of benzene rings is 2. The first-order chi connectivity index (χ1) is 14.7. The predicted molar refractivity (Wildman–Crippen MR) is 120 cm³/mol. The van der Waals surface area contributed by atoms with Gasteiger partial charge >= 0.3 is 0 Å². The van der Waals surface area contributed by atoms with Crippen molar-refractivity contribution in [1.82, 2.24) is 4.98 Å². The Kier molecular flexibility index (Phi) is 6.53. The normalized spacial score (nSPS) is 15.4. The quantitative estimate of drug-likeness (QED) is 0.444. The third kappa shape index (κ3) is 4.87. The van der Waals surface area contributed by atoms with Gasteiger partial charge in [0.2, 0.25) is 0 Å². The Morgan fingerprint density at radius 2 is 1.81 bits per heavy atom. The van der Waals surface area contributed by atoms with Crippen LogP contribution in [0.25, 0.3) is 0 Å². The number of rotatable bonds is 5. The lowest BCUT2D eigenvalue weighted by atomic mass is 10.1. The number of piperidine rings is 1. The number of hydrogen-bond acceptors (Lipinski definition) is 5. The molecule has 164 valence electrons. The highest BCUT2D eigenvalue weighted by Crippen LogP contribution is 2.33. The van der Waals surface area contributed by atoms with Crippen LogP contribution in [0.15, 0.2) is 46.7 Å². The van der Waals surface area contributed by atoms with E-state index in [2.05, 4.69) is 4.98 Å². The molecule has 0 spiro atoms. The molecule has 2 heterocycles. The molecule has 4 rings (SSSR count). The first-order valence-corrected chi connectivity index (χ1v) is 12.7. The van der Waals surface area contributed by atoms with E-state index in [9.17, 15) is 17.2 Å². The molecule has 1 fully saturated rings. The molecule has 1 aliphatic heterocycles. The van der Waals surface area contributed by atoms with E-state index in [1.54, 1.807) is 6.07 Å². The molecule has 3 aromatic rings. The molecule has 0 radical (unpaired) electrons. The van der Waals surface area contributed by atoms with E-state index in [0.717, 1.165) is 16.9 Å². The van der Waals surface area contributed by atoms with E-state index in [0.29, 0.717) is 42.9 Å². The number of sulfone groups is 1. The second-order valence-electron chi connectivity index (χ2n) is 7.35. The van der Waals surface area contributed by atoms with Gasteiger partial charge in [0.25, 0.3) is 0 Å². The van der Waals surface area contributed by atoms with E-state index < -0.39 is 26.7 Å². The van der Waals surface area contributed by atoms with Crippen molar-refractivity contribution < 1.29 is 17.2 Å². The summed E-state index contributed by atoms with van der Waals surface area (Å²) in [6.45, 7) is 1.08. The Morgan fingerprint density at radius 1 is 1.06 bits per heavy atom. The molecule has 0 aliphatic carbocycles. The SMILES string of the molecule is O=S(=O)(c1cc(Cl)ccc1Cl)C1CCN(c2nc(Cc3ccc(F)c(F)c3)cs2)CC1. The number of aromatic nitrogens is 1. The van der Waals surface area contributed by atoms with Crippen LogP contribution in [0.2, 0.25) is 10.0 Å². The van der Waals surface area contributed by atoms with E-state index in [1.165, 1.54) is 35.6 Å². The average Bonchev–Trinajstić information content (AvgIpc) is 3.21. The maximum absolute atomic E-state index is 13.4. The third-order valence-corrected chi connectivity index (χ3v) is 9.19. The topological polar surface area (TPSA) is 50.3 Å². The first-order valence-electron chi connectivity index (χ1n) is 9.56. The van der Waals surface area contributed by atoms with Gasteiger partial charge < -0.3 is 4.90 Å².